The van der Waals surface area contributed by atoms with E-state index in [4.69, 9.17) is 4.84 Å². The SMILES string of the molecule is CN1OCC(NC(=O)c2ccc(-c3noc(C(F)(F)F)n3)cc2F)C1=O. The zero-order chi connectivity index (χ0) is 19.1. The van der Waals surface area contributed by atoms with E-state index >= 15 is 0 Å². The van der Waals surface area contributed by atoms with Crippen molar-refractivity contribution in [2.45, 2.75) is 12.2 Å². The highest BCUT2D eigenvalue weighted by molar-refractivity contribution is 5.98. The maximum absolute atomic E-state index is 14.2. The minimum atomic E-state index is -4.83. The smallest absolute Gasteiger partial charge is 0.338 e. The van der Waals surface area contributed by atoms with E-state index in [2.05, 4.69) is 20.0 Å². The Bertz CT molecular complexity index is 867. The van der Waals surface area contributed by atoms with E-state index in [0.717, 1.165) is 23.3 Å². The molecule has 1 unspecified atom stereocenters. The van der Waals surface area contributed by atoms with Crippen LogP contribution in [0, 0.1) is 5.82 Å². The molecule has 8 nitrogen and oxygen atoms in total. The Morgan fingerprint density at radius 1 is 1.38 bits per heavy atom. The van der Waals surface area contributed by atoms with Gasteiger partial charge in [-0.3, -0.25) is 14.4 Å². The molecule has 12 heteroatoms. The lowest BCUT2D eigenvalue weighted by molar-refractivity contribution is -0.159. The maximum atomic E-state index is 14.2. The summed E-state index contributed by atoms with van der Waals surface area (Å²) in [4.78, 5) is 31.8. The Labute approximate surface area is 142 Å². The summed E-state index contributed by atoms with van der Waals surface area (Å²) >= 11 is 0. The van der Waals surface area contributed by atoms with Crippen LogP contribution in [0.5, 0.6) is 0 Å². The molecule has 0 spiro atoms. The lowest BCUT2D eigenvalue weighted by Crippen LogP contribution is -2.42. The van der Waals surface area contributed by atoms with E-state index in [1.165, 1.54) is 7.05 Å². The largest absolute Gasteiger partial charge is 0.471 e. The third-order valence-electron chi connectivity index (χ3n) is 3.49. The molecule has 138 valence electrons. The van der Waals surface area contributed by atoms with Gasteiger partial charge in [0.2, 0.25) is 5.82 Å². The zero-order valence-electron chi connectivity index (χ0n) is 13.0. The molecule has 1 aliphatic heterocycles. The van der Waals surface area contributed by atoms with Gasteiger partial charge in [-0.25, -0.2) is 9.45 Å². The molecule has 0 aliphatic carbocycles. The normalized spacial score (nSPS) is 17.7. The van der Waals surface area contributed by atoms with Gasteiger partial charge in [-0.15, -0.1) is 0 Å². The van der Waals surface area contributed by atoms with Crippen LogP contribution in [0.2, 0.25) is 0 Å². The number of rotatable bonds is 3. The fourth-order valence-corrected chi connectivity index (χ4v) is 2.17. The molecule has 1 fully saturated rings. The molecule has 1 aliphatic rings. The van der Waals surface area contributed by atoms with Gasteiger partial charge >= 0.3 is 12.1 Å². The predicted molar refractivity (Wildman–Crippen MR) is 74.7 cm³/mol. The molecule has 1 N–H and O–H groups in total. The minimum Gasteiger partial charge on any atom is -0.338 e. The second-order valence-electron chi connectivity index (χ2n) is 5.27. The molecule has 0 radical (unpaired) electrons. The van der Waals surface area contributed by atoms with Crippen molar-refractivity contribution >= 4 is 11.8 Å². The van der Waals surface area contributed by atoms with Crippen molar-refractivity contribution in [2.24, 2.45) is 0 Å². The van der Waals surface area contributed by atoms with Crippen LogP contribution in [-0.4, -0.2) is 46.7 Å². The van der Waals surface area contributed by atoms with Crippen LogP contribution in [0.4, 0.5) is 17.6 Å². The van der Waals surface area contributed by atoms with Crippen LogP contribution in [0.1, 0.15) is 16.2 Å². The van der Waals surface area contributed by atoms with Crippen LogP contribution < -0.4 is 5.32 Å². The van der Waals surface area contributed by atoms with Crippen molar-refractivity contribution in [1.82, 2.24) is 20.5 Å². The van der Waals surface area contributed by atoms with Crippen molar-refractivity contribution < 1.29 is 36.5 Å². The Balaban J connectivity index is 1.78. The summed E-state index contributed by atoms with van der Waals surface area (Å²) in [6.45, 7) is -0.0934. The summed E-state index contributed by atoms with van der Waals surface area (Å²) in [7, 11) is 1.37. The van der Waals surface area contributed by atoms with Crippen LogP contribution in [0.3, 0.4) is 0 Å². The number of aromatic nitrogens is 2. The summed E-state index contributed by atoms with van der Waals surface area (Å²) < 4.78 is 55.6. The number of nitrogens with one attached hydrogen (secondary N) is 1. The molecule has 2 heterocycles. The second kappa shape index (κ2) is 6.37. The van der Waals surface area contributed by atoms with Crippen LogP contribution in [0.15, 0.2) is 22.7 Å². The highest BCUT2D eigenvalue weighted by atomic mass is 19.4. The van der Waals surface area contributed by atoms with Gasteiger partial charge < -0.3 is 9.84 Å². The standard InChI is InChI=1S/C14H10F4N4O4/c1-22-12(24)9(5-25-22)19-11(23)7-3-2-6(4-8(7)15)10-20-13(26-21-10)14(16,17)18/h2-4,9H,5H2,1H3,(H,19,23). The van der Waals surface area contributed by atoms with Crippen molar-refractivity contribution in [3.8, 4) is 11.4 Å². The Hall–Kier alpha value is -3.02. The van der Waals surface area contributed by atoms with Crippen molar-refractivity contribution in [2.75, 3.05) is 13.7 Å². The molecule has 26 heavy (non-hydrogen) atoms. The average molecular weight is 374 g/mol. The second-order valence-corrected chi connectivity index (χ2v) is 5.27. The molecule has 1 aromatic heterocycles. The van der Waals surface area contributed by atoms with E-state index in [0.29, 0.717) is 0 Å². The van der Waals surface area contributed by atoms with Gasteiger partial charge in [0.15, 0.2) is 0 Å². The van der Waals surface area contributed by atoms with Gasteiger partial charge in [0, 0.05) is 12.6 Å². The number of nitrogens with zero attached hydrogens (tertiary/aromatic N) is 3. The molecule has 3 rings (SSSR count). The number of likely N-dealkylation sites (N-methyl/N-ethyl adjacent to an activating group) is 1. The third-order valence-corrected chi connectivity index (χ3v) is 3.49. The summed E-state index contributed by atoms with van der Waals surface area (Å²) in [6.07, 6.45) is -4.83. The Morgan fingerprint density at radius 3 is 2.65 bits per heavy atom. The number of benzene rings is 1. The van der Waals surface area contributed by atoms with Gasteiger partial charge in [-0.05, 0) is 12.1 Å². The van der Waals surface area contributed by atoms with Crippen LogP contribution >= 0.6 is 0 Å². The van der Waals surface area contributed by atoms with E-state index in [1.54, 1.807) is 0 Å². The van der Waals surface area contributed by atoms with Gasteiger partial charge in [0.1, 0.15) is 18.5 Å². The van der Waals surface area contributed by atoms with Gasteiger partial charge in [-0.1, -0.05) is 11.2 Å². The molecule has 1 atom stereocenters. The maximum Gasteiger partial charge on any atom is 0.471 e. The average Bonchev–Trinajstić information content (AvgIpc) is 3.17. The van der Waals surface area contributed by atoms with E-state index < -0.39 is 47.1 Å². The van der Waals surface area contributed by atoms with E-state index in [9.17, 15) is 27.2 Å². The van der Waals surface area contributed by atoms with E-state index in [-0.39, 0.29) is 12.2 Å². The molecule has 2 aromatic rings. The molecule has 0 bridgehead atoms. The highest BCUT2D eigenvalue weighted by Gasteiger charge is 2.38. The molecule has 1 aromatic carbocycles. The molecule has 2 amide bonds. The summed E-state index contributed by atoms with van der Waals surface area (Å²) in [5, 5.41) is 6.38. The monoisotopic (exact) mass is 374 g/mol. The Kier molecular flexibility index (Phi) is 4.36. The van der Waals surface area contributed by atoms with Gasteiger partial charge in [0.25, 0.3) is 11.8 Å². The lowest BCUT2D eigenvalue weighted by atomic mass is 10.1. The van der Waals surface area contributed by atoms with Crippen LogP contribution in [0.25, 0.3) is 11.4 Å². The minimum absolute atomic E-state index is 0.0934. The number of halogens is 4. The van der Waals surface area contributed by atoms with Crippen molar-refractivity contribution in [3.05, 3.63) is 35.5 Å². The molecular weight excluding hydrogens is 364 g/mol. The Morgan fingerprint density at radius 2 is 2.12 bits per heavy atom. The number of hydroxylamine groups is 2. The first kappa shape index (κ1) is 17.8. The number of carbonyl (C=O) groups is 2. The van der Waals surface area contributed by atoms with Gasteiger partial charge in [0.05, 0.1) is 5.56 Å². The highest BCUT2D eigenvalue weighted by Crippen LogP contribution is 2.29. The van der Waals surface area contributed by atoms with Crippen LogP contribution in [-0.2, 0) is 15.8 Å². The number of carbonyl (C=O) groups excluding carboxylic acids is 2. The first-order valence-electron chi connectivity index (χ1n) is 7.09. The lowest BCUT2D eigenvalue weighted by Gasteiger charge is -2.10. The molecule has 1 saturated heterocycles. The number of amides is 2. The topological polar surface area (TPSA) is 97.6 Å². The summed E-state index contributed by atoms with van der Waals surface area (Å²) in [6, 6.07) is 2.02. The number of hydrogen-bond donors (Lipinski definition) is 1. The molecule has 0 saturated carbocycles. The first-order valence-corrected chi connectivity index (χ1v) is 7.09. The van der Waals surface area contributed by atoms with Crippen molar-refractivity contribution in [1.29, 1.82) is 0 Å². The van der Waals surface area contributed by atoms with E-state index in [1.807, 2.05) is 0 Å². The fourth-order valence-electron chi connectivity index (χ4n) is 2.17. The predicted octanol–water partition coefficient (Wildman–Crippen LogP) is 1.40. The third kappa shape index (κ3) is 3.35. The zero-order valence-corrected chi connectivity index (χ0v) is 13.0. The van der Waals surface area contributed by atoms with Crippen molar-refractivity contribution in [3.63, 3.8) is 0 Å². The van der Waals surface area contributed by atoms with Gasteiger partial charge in [-0.2, -0.15) is 18.2 Å². The fraction of sp³-hybridized carbons (Fsp3) is 0.286. The summed E-state index contributed by atoms with van der Waals surface area (Å²) in [5.74, 6) is -4.46. The molecular formula is C14H10F4N4O4. The first-order chi connectivity index (χ1) is 12.2. The number of hydrogen-bond acceptors (Lipinski definition) is 6. The number of alkyl halides is 3. The summed E-state index contributed by atoms with van der Waals surface area (Å²) in [5.41, 5.74) is -0.519. The quantitative estimate of drug-likeness (QED) is 0.816.